The van der Waals surface area contributed by atoms with Gasteiger partial charge in [-0.3, -0.25) is 9.82 Å². The molecule has 0 atom stereocenters. The van der Waals surface area contributed by atoms with Crippen LogP contribution in [0, 0.1) is 5.82 Å². The Morgan fingerprint density at radius 2 is 2.00 bits per heavy atom. The molecule has 0 unspecified atom stereocenters. The van der Waals surface area contributed by atoms with E-state index in [1.807, 2.05) is 6.92 Å². The van der Waals surface area contributed by atoms with Gasteiger partial charge in [-0.1, -0.05) is 25.5 Å². The van der Waals surface area contributed by atoms with Crippen molar-refractivity contribution in [3.05, 3.63) is 47.4 Å². The number of hydrogen-bond donors (Lipinski definition) is 2. The summed E-state index contributed by atoms with van der Waals surface area (Å²) in [6.45, 7) is 2.03. The molecule has 2 N–H and O–H groups in total. The van der Waals surface area contributed by atoms with E-state index in [0.29, 0.717) is 5.56 Å². The Morgan fingerprint density at radius 1 is 1.30 bits per heavy atom. The summed E-state index contributed by atoms with van der Waals surface area (Å²) in [7, 11) is -3.56. The molecule has 0 saturated heterocycles. The molecule has 5 nitrogen and oxygen atoms in total. The molecule has 0 aliphatic heterocycles. The number of nitrogens with one attached hydrogen (secondary N) is 2. The lowest BCUT2D eigenvalue weighted by atomic mass is 10.2. The number of halogens is 1. The van der Waals surface area contributed by atoms with E-state index in [-0.39, 0.29) is 11.6 Å². The number of sulfonamides is 1. The summed E-state index contributed by atoms with van der Waals surface area (Å²) in [5, 5.41) is 6.67. The highest BCUT2D eigenvalue weighted by Crippen LogP contribution is 2.13. The number of rotatable bonds is 6. The molecule has 2 aromatic rings. The van der Waals surface area contributed by atoms with Gasteiger partial charge >= 0.3 is 0 Å². The van der Waals surface area contributed by atoms with Crippen molar-refractivity contribution in [2.45, 2.75) is 25.5 Å². The smallest absolute Gasteiger partial charge is 0.238 e. The Balaban J connectivity index is 2.04. The monoisotopic (exact) mass is 297 g/mol. The predicted molar refractivity (Wildman–Crippen MR) is 75.2 cm³/mol. The van der Waals surface area contributed by atoms with E-state index in [4.69, 9.17) is 0 Å². The fourth-order valence-electron chi connectivity index (χ4n) is 1.81. The van der Waals surface area contributed by atoms with Crippen molar-refractivity contribution in [3.63, 3.8) is 0 Å². The van der Waals surface area contributed by atoms with Gasteiger partial charge in [-0.2, -0.15) is 5.10 Å². The third-order valence-corrected chi connectivity index (χ3v) is 3.91. The van der Waals surface area contributed by atoms with Crippen LogP contribution in [0.15, 0.2) is 30.3 Å². The van der Waals surface area contributed by atoms with Crippen LogP contribution in [-0.2, 0) is 22.2 Å². The Bertz CT molecular complexity index is 665. The molecule has 0 radical (unpaired) electrons. The molecular formula is C13H16FN3O2S. The summed E-state index contributed by atoms with van der Waals surface area (Å²) < 4.78 is 39.1. The second kappa shape index (κ2) is 6.04. The normalized spacial score (nSPS) is 11.5. The SMILES string of the molecule is CCCc1cc(NS(=O)(=O)Cc2ccc(F)cc2)n[nH]1. The van der Waals surface area contributed by atoms with E-state index >= 15 is 0 Å². The minimum Gasteiger partial charge on any atom is -0.280 e. The molecule has 0 saturated carbocycles. The Kier molecular flexibility index (Phi) is 4.39. The second-order valence-corrected chi connectivity index (χ2v) is 6.24. The van der Waals surface area contributed by atoms with Crippen LogP contribution in [0.25, 0.3) is 0 Å². The highest BCUT2D eigenvalue weighted by atomic mass is 32.2. The number of hydrogen-bond acceptors (Lipinski definition) is 3. The molecular weight excluding hydrogens is 281 g/mol. The van der Waals surface area contributed by atoms with Crippen LogP contribution >= 0.6 is 0 Å². The van der Waals surface area contributed by atoms with E-state index in [1.165, 1.54) is 24.3 Å². The lowest BCUT2D eigenvalue weighted by Crippen LogP contribution is -2.15. The molecule has 0 amide bonds. The van der Waals surface area contributed by atoms with Crippen LogP contribution in [0.5, 0.6) is 0 Å². The fourth-order valence-corrected chi connectivity index (χ4v) is 2.93. The van der Waals surface area contributed by atoms with Crippen LogP contribution < -0.4 is 4.72 Å². The van der Waals surface area contributed by atoms with Gasteiger partial charge in [-0.25, -0.2) is 12.8 Å². The third-order valence-electron chi connectivity index (χ3n) is 2.68. The van der Waals surface area contributed by atoms with Gasteiger partial charge in [0.25, 0.3) is 0 Å². The Labute approximate surface area is 117 Å². The maximum atomic E-state index is 12.8. The lowest BCUT2D eigenvalue weighted by Gasteiger charge is -2.05. The van der Waals surface area contributed by atoms with Crippen LogP contribution in [0.3, 0.4) is 0 Å². The van der Waals surface area contributed by atoms with Crippen molar-refractivity contribution in [3.8, 4) is 0 Å². The van der Waals surface area contributed by atoms with E-state index in [0.717, 1.165) is 18.5 Å². The van der Waals surface area contributed by atoms with Gasteiger partial charge in [0.15, 0.2) is 5.82 Å². The topological polar surface area (TPSA) is 74.8 Å². The maximum absolute atomic E-state index is 12.8. The molecule has 2 rings (SSSR count). The largest absolute Gasteiger partial charge is 0.280 e. The zero-order valence-electron chi connectivity index (χ0n) is 11.1. The van der Waals surface area contributed by atoms with E-state index < -0.39 is 15.8 Å². The molecule has 1 aromatic heterocycles. The van der Waals surface area contributed by atoms with E-state index in [9.17, 15) is 12.8 Å². The number of aryl methyl sites for hydroxylation is 1. The highest BCUT2D eigenvalue weighted by molar-refractivity contribution is 7.91. The summed E-state index contributed by atoms with van der Waals surface area (Å²) in [5.74, 6) is -0.338. The van der Waals surface area contributed by atoms with Gasteiger partial charge in [0.1, 0.15) is 5.82 Å². The Hall–Kier alpha value is -1.89. The average Bonchev–Trinajstić information content (AvgIpc) is 2.79. The number of nitrogens with zero attached hydrogens (tertiary/aromatic N) is 1. The van der Waals surface area contributed by atoms with Crippen molar-refractivity contribution in [1.29, 1.82) is 0 Å². The maximum Gasteiger partial charge on any atom is 0.238 e. The molecule has 20 heavy (non-hydrogen) atoms. The number of benzene rings is 1. The molecule has 0 bridgehead atoms. The first-order valence-corrected chi connectivity index (χ1v) is 7.93. The van der Waals surface area contributed by atoms with Crippen LogP contribution in [0.2, 0.25) is 0 Å². The first-order valence-electron chi connectivity index (χ1n) is 6.28. The van der Waals surface area contributed by atoms with Gasteiger partial charge in [-0.15, -0.1) is 0 Å². The predicted octanol–water partition coefficient (Wildman–Crippen LogP) is 2.44. The second-order valence-electron chi connectivity index (χ2n) is 4.52. The lowest BCUT2D eigenvalue weighted by molar-refractivity contribution is 0.599. The van der Waals surface area contributed by atoms with Crippen molar-refractivity contribution >= 4 is 15.8 Å². The van der Waals surface area contributed by atoms with Crippen molar-refractivity contribution in [2.24, 2.45) is 0 Å². The van der Waals surface area contributed by atoms with Crippen LogP contribution in [0.1, 0.15) is 24.6 Å². The summed E-state index contributed by atoms with van der Waals surface area (Å²) in [6.07, 6.45) is 1.76. The zero-order valence-corrected chi connectivity index (χ0v) is 11.9. The minimum absolute atomic E-state index is 0.219. The van der Waals surface area contributed by atoms with Crippen LogP contribution in [0.4, 0.5) is 10.2 Å². The summed E-state index contributed by atoms with van der Waals surface area (Å²) in [5.41, 5.74) is 1.40. The Morgan fingerprint density at radius 3 is 2.65 bits per heavy atom. The van der Waals surface area contributed by atoms with Gasteiger partial charge in [0, 0.05) is 11.8 Å². The van der Waals surface area contributed by atoms with Gasteiger partial charge < -0.3 is 0 Å². The zero-order chi connectivity index (χ0) is 14.6. The van der Waals surface area contributed by atoms with Gasteiger partial charge in [-0.05, 0) is 24.1 Å². The molecule has 108 valence electrons. The average molecular weight is 297 g/mol. The van der Waals surface area contributed by atoms with E-state index in [2.05, 4.69) is 14.9 Å². The summed E-state index contributed by atoms with van der Waals surface area (Å²) in [4.78, 5) is 0. The number of anilines is 1. The molecule has 0 aliphatic carbocycles. The quantitative estimate of drug-likeness (QED) is 0.860. The van der Waals surface area contributed by atoms with E-state index in [1.54, 1.807) is 6.07 Å². The van der Waals surface area contributed by atoms with Crippen molar-refractivity contribution in [2.75, 3.05) is 4.72 Å². The minimum atomic E-state index is -3.56. The highest BCUT2D eigenvalue weighted by Gasteiger charge is 2.13. The standard InChI is InChI=1S/C13H16FN3O2S/c1-2-3-12-8-13(16-15-12)17-20(18,19)9-10-4-6-11(14)7-5-10/h4-8H,2-3,9H2,1H3,(H2,15,16,17). The number of aromatic amines is 1. The molecule has 7 heteroatoms. The van der Waals surface area contributed by atoms with Crippen LogP contribution in [-0.4, -0.2) is 18.6 Å². The van der Waals surface area contributed by atoms with Gasteiger partial charge in [0.05, 0.1) is 5.75 Å². The fraction of sp³-hybridized carbons (Fsp3) is 0.308. The third kappa shape index (κ3) is 4.06. The van der Waals surface area contributed by atoms with Crippen molar-refractivity contribution in [1.82, 2.24) is 10.2 Å². The summed E-state index contributed by atoms with van der Waals surface area (Å²) in [6, 6.07) is 7.03. The van der Waals surface area contributed by atoms with Crippen molar-refractivity contribution < 1.29 is 12.8 Å². The molecule has 1 aromatic carbocycles. The number of aromatic nitrogens is 2. The van der Waals surface area contributed by atoms with Gasteiger partial charge in [0.2, 0.25) is 10.0 Å². The molecule has 0 aliphatic rings. The summed E-state index contributed by atoms with van der Waals surface area (Å²) >= 11 is 0. The molecule has 0 fully saturated rings. The first kappa shape index (κ1) is 14.5. The molecule has 0 spiro atoms. The number of H-pyrrole nitrogens is 1. The first-order chi connectivity index (χ1) is 9.48. The molecule has 1 heterocycles.